The van der Waals surface area contributed by atoms with E-state index in [-0.39, 0.29) is 24.2 Å². The van der Waals surface area contributed by atoms with Crippen LogP contribution < -0.4 is 10.1 Å². The normalized spacial score (nSPS) is 12.9. The Morgan fingerprint density at radius 1 is 1.32 bits per heavy atom. The van der Waals surface area contributed by atoms with E-state index in [0.29, 0.717) is 12.0 Å². The molecule has 2 N–H and O–H groups in total. The number of ether oxygens (including phenoxy) is 1. The summed E-state index contributed by atoms with van der Waals surface area (Å²) in [6.45, 7) is 7.86. The molecule has 1 rings (SSSR count). The number of aliphatic hydroxyl groups excluding tert-OH is 1. The number of hydrogen-bond acceptors (Lipinski definition) is 3. The highest BCUT2D eigenvalue weighted by Crippen LogP contribution is 2.18. The number of nitrogens with one attached hydrogen (secondary N) is 1. The lowest BCUT2D eigenvalue weighted by atomic mass is 10.1. The van der Waals surface area contributed by atoms with Crippen molar-refractivity contribution in [3.05, 3.63) is 29.8 Å². The smallest absolute Gasteiger partial charge is 0.251 e. The Kier molecular flexibility index (Phi) is 5.36. The van der Waals surface area contributed by atoms with Crippen LogP contribution in [-0.2, 0) is 0 Å². The first-order valence-electron chi connectivity index (χ1n) is 6.52. The van der Waals surface area contributed by atoms with Crippen LogP contribution in [0.3, 0.4) is 0 Å². The molecule has 4 heteroatoms. The van der Waals surface area contributed by atoms with Crippen molar-refractivity contribution in [3.8, 4) is 5.75 Å². The van der Waals surface area contributed by atoms with Crippen molar-refractivity contribution in [2.24, 2.45) is 0 Å². The van der Waals surface area contributed by atoms with Crippen molar-refractivity contribution in [2.45, 2.75) is 45.8 Å². The standard InChI is InChI=1S/C15H23NO3/c1-11(9-10-17)16-14(18)12-5-7-13(8-6-12)19-15(2,3)4/h5-8,11,17H,9-10H2,1-4H3,(H,16,18). The lowest BCUT2D eigenvalue weighted by Gasteiger charge is -2.21. The molecular weight excluding hydrogens is 242 g/mol. The van der Waals surface area contributed by atoms with Crippen molar-refractivity contribution in [2.75, 3.05) is 6.61 Å². The molecule has 1 aromatic carbocycles. The average Bonchev–Trinajstić information content (AvgIpc) is 2.27. The van der Waals surface area contributed by atoms with E-state index in [9.17, 15) is 4.79 Å². The van der Waals surface area contributed by atoms with Gasteiger partial charge in [0.05, 0.1) is 0 Å². The van der Waals surface area contributed by atoms with E-state index in [4.69, 9.17) is 9.84 Å². The molecule has 0 fully saturated rings. The predicted molar refractivity (Wildman–Crippen MR) is 75.5 cm³/mol. The summed E-state index contributed by atoms with van der Waals surface area (Å²) in [6.07, 6.45) is 0.553. The van der Waals surface area contributed by atoms with Crippen molar-refractivity contribution in [3.63, 3.8) is 0 Å². The number of carbonyl (C=O) groups excluding carboxylic acids is 1. The van der Waals surface area contributed by atoms with Crippen LogP contribution in [0.5, 0.6) is 5.75 Å². The molecule has 0 aliphatic carbocycles. The molecule has 1 atom stereocenters. The third-order valence-corrected chi connectivity index (χ3v) is 2.48. The third kappa shape index (κ3) is 5.75. The van der Waals surface area contributed by atoms with Crippen LogP contribution in [0, 0.1) is 0 Å². The van der Waals surface area contributed by atoms with Gasteiger partial charge in [0.1, 0.15) is 11.4 Å². The van der Waals surface area contributed by atoms with Crippen molar-refractivity contribution in [1.82, 2.24) is 5.32 Å². The van der Waals surface area contributed by atoms with Crippen molar-refractivity contribution in [1.29, 1.82) is 0 Å². The topological polar surface area (TPSA) is 58.6 Å². The lowest BCUT2D eigenvalue weighted by Crippen LogP contribution is -2.33. The zero-order valence-corrected chi connectivity index (χ0v) is 12.1. The van der Waals surface area contributed by atoms with Crippen LogP contribution in [0.2, 0.25) is 0 Å². The highest BCUT2D eigenvalue weighted by molar-refractivity contribution is 5.94. The van der Waals surface area contributed by atoms with Crippen molar-refractivity contribution < 1.29 is 14.6 Å². The monoisotopic (exact) mass is 265 g/mol. The zero-order chi connectivity index (χ0) is 14.5. The molecular formula is C15H23NO3. The van der Waals surface area contributed by atoms with E-state index in [1.165, 1.54) is 0 Å². The van der Waals surface area contributed by atoms with Crippen LogP contribution in [-0.4, -0.2) is 29.3 Å². The molecule has 0 saturated heterocycles. The van der Waals surface area contributed by atoms with Gasteiger partial charge in [-0.15, -0.1) is 0 Å². The van der Waals surface area contributed by atoms with E-state index in [1.54, 1.807) is 24.3 Å². The summed E-state index contributed by atoms with van der Waals surface area (Å²) in [5, 5.41) is 11.6. The predicted octanol–water partition coefficient (Wildman–Crippen LogP) is 2.36. The van der Waals surface area contributed by atoms with E-state index >= 15 is 0 Å². The molecule has 0 aromatic heterocycles. The highest BCUT2D eigenvalue weighted by atomic mass is 16.5. The summed E-state index contributed by atoms with van der Waals surface area (Å²) < 4.78 is 5.69. The minimum atomic E-state index is -0.251. The molecule has 1 aromatic rings. The Balaban J connectivity index is 2.63. The SMILES string of the molecule is CC(CCO)NC(=O)c1ccc(OC(C)(C)C)cc1. The fourth-order valence-electron chi connectivity index (χ4n) is 1.60. The summed E-state index contributed by atoms with van der Waals surface area (Å²) in [4.78, 5) is 11.9. The molecule has 0 saturated carbocycles. The Morgan fingerprint density at radius 2 is 1.89 bits per heavy atom. The van der Waals surface area contributed by atoms with E-state index in [2.05, 4.69) is 5.32 Å². The van der Waals surface area contributed by atoms with Gasteiger partial charge in [-0.3, -0.25) is 4.79 Å². The van der Waals surface area contributed by atoms with Gasteiger partial charge in [-0.2, -0.15) is 0 Å². The van der Waals surface area contributed by atoms with Crippen molar-refractivity contribution >= 4 is 5.91 Å². The van der Waals surface area contributed by atoms with Gasteiger partial charge in [0.15, 0.2) is 0 Å². The Labute approximate surface area is 114 Å². The van der Waals surface area contributed by atoms with Gasteiger partial charge in [0.25, 0.3) is 5.91 Å². The van der Waals surface area contributed by atoms with Crippen LogP contribution in [0.4, 0.5) is 0 Å². The number of carbonyl (C=O) groups is 1. The summed E-state index contributed by atoms with van der Waals surface area (Å²) in [6, 6.07) is 7.01. The number of aliphatic hydroxyl groups is 1. The molecule has 0 spiro atoms. The first-order chi connectivity index (χ1) is 8.81. The van der Waals surface area contributed by atoms with Crippen LogP contribution in [0.15, 0.2) is 24.3 Å². The number of rotatable bonds is 5. The number of hydrogen-bond donors (Lipinski definition) is 2. The molecule has 0 aliphatic rings. The third-order valence-electron chi connectivity index (χ3n) is 2.48. The maximum absolute atomic E-state index is 11.9. The fraction of sp³-hybridized carbons (Fsp3) is 0.533. The molecule has 106 valence electrons. The Bertz CT molecular complexity index is 406. The van der Waals surface area contributed by atoms with Crippen LogP contribution in [0.1, 0.15) is 44.5 Å². The van der Waals surface area contributed by atoms with E-state index in [0.717, 1.165) is 5.75 Å². The Morgan fingerprint density at radius 3 is 2.37 bits per heavy atom. The molecule has 19 heavy (non-hydrogen) atoms. The van der Waals surface area contributed by atoms with E-state index in [1.807, 2.05) is 27.7 Å². The summed E-state index contributed by atoms with van der Waals surface area (Å²) in [7, 11) is 0. The first-order valence-corrected chi connectivity index (χ1v) is 6.52. The van der Waals surface area contributed by atoms with Gasteiger partial charge in [-0.1, -0.05) is 0 Å². The van der Waals surface area contributed by atoms with Gasteiger partial charge >= 0.3 is 0 Å². The minimum absolute atomic E-state index is 0.0389. The lowest BCUT2D eigenvalue weighted by molar-refractivity contribution is 0.0934. The first kappa shape index (κ1) is 15.5. The summed E-state index contributed by atoms with van der Waals surface area (Å²) in [5.74, 6) is 0.607. The maximum atomic E-state index is 11.9. The minimum Gasteiger partial charge on any atom is -0.488 e. The number of benzene rings is 1. The van der Waals surface area contributed by atoms with Crippen LogP contribution in [0.25, 0.3) is 0 Å². The molecule has 0 aliphatic heterocycles. The van der Waals surface area contributed by atoms with E-state index < -0.39 is 0 Å². The van der Waals surface area contributed by atoms with Gasteiger partial charge in [-0.05, 0) is 58.4 Å². The van der Waals surface area contributed by atoms with Gasteiger partial charge in [0, 0.05) is 18.2 Å². The van der Waals surface area contributed by atoms with Gasteiger partial charge in [0.2, 0.25) is 0 Å². The fourth-order valence-corrected chi connectivity index (χ4v) is 1.60. The Hall–Kier alpha value is -1.55. The summed E-state index contributed by atoms with van der Waals surface area (Å²) in [5.41, 5.74) is 0.338. The highest BCUT2D eigenvalue weighted by Gasteiger charge is 2.13. The molecule has 1 unspecified atom stereocenters. The number of amides is 1. The maximum Gasteiger partial charge on any atom is 0.251 e. The molecule has 4 nitrogen and oxygen atoms in total. The molecule has 0 heterocycles. The second-order valence-corrected chi connectivity index (χ2v) is 5.63. The molecule has 1 amide bonds. The molecule has 0 bridgehead atoms. The average molecular weight is 265 g/mol. The quantitative estimate of drug-likeness (QED) is 0.859. The molecule has 0 radical (unpaired) electrons. The second-order valence-electron chi connectivity index (χ2n) is 5.63. The van der Waals surface area contributed by atoms with Crippen LogP contribution >= 0.6 is 0 Å². The second kappa shape index (κ2) is 6.57. The largest absolute Gasteiger partial charge is 0.488 e. The zero-order valence-electron chi connectivity index (χ0n) is 12.1. The van der Waals surface area contributed by atoms with Gasteiger partial charge < -0.3 is 15.2 Å². The van der Waals surface area contributed by atoms with Gasteiger partial charge in [-0.25, -0.2) is 0 Å². The summed E-state index contributed by atoms with van der Waals surface area (Å²) >= 11 is 0.